The van der Waals surface area contributed by atoms with E-state index in [4.69, 9.17) is 17.2 Å². The Balaban J connectivity index is 1.59. The molecule has 0 aliphatic carbocycles. The maximum Gasteiger partial charge on any atom is 0.222 e. The number of aryl methyl sites for hydroxylation is 1. The Morgan fingerprint density at radius 2 is 1.86 bits per heavy atom. The van der Waals surface area contributed by atoms with Crippen molar-refractivity contribution in [1.29, 1.82) is 0 Å². The summed E-state index contributed by atoms with van der Waals surface area (Å²) < 4.78 is 0. The predicted molar refractivity (Wildman–Crippen MR) is 151 cm³/mol. The molecule has 1 unspecified atom stereocenters. The zero-order valence-electron chi connectivity index (χ0n) is 22.1. The van der Waals surface area contributed by atoms with E-state index in [-0.39, 0.29) is 5.91 Å². The van der Waals surface area contributed by atoms with Crippen LogP contribution in [0, 0.1) is 12.8 Å². The summed E-state index contributed by atoms with van der Waals surface area (Å²) in [4.78, 5) is 24.1. The maximum absolute atomic E-state index is 12.5. The topological polar surface area (TPSA) is 63.7 Å². The van der Waals surface area contributed by atoms with Crippen LogP contribution < -0.4 is 15.5 Å². The number of carbonyl (C=O) groups is 1. The lowest BCUT2D eigenvalue weighted by Crippen LogP contribution is -2.49. The molecule has 192 valence electrons. The molecule has 1 aromatic carbocycles. The fourth-order valence-electron chi connectivity index (χ4n) is 4.42. The minimum atomic E-state index is 0.280. The number of piperazine rings is 1. The number of aromatic nitrogens is 1. The highest BCUT2D eigenvalue weighted by atomic mass is 32.1. The molecule has 1 atom stereocenters. The van der Waals surface area contributed by atoms with Crippen molar-refractivity contribution in [3.05, 3.63) is 29.8 Å². The van der Waals surface area contributed by atoms with E-state index in [1.807, 2.05) is 11.0 Å². The van der Waals surface area contributed by atoms with Crippen molar-refractivity contribution in [2.45, 2.75) is 47.5 Å². The van der Waals surface area contributed by atoms with Gasteiger partial charge in [0, 0.05) is 56.8 Å². The lowest BCUT2D eigenvalue weighted by Gasteiger charge is -2.36. The van der Waals surface area contributed by atoms with Crippen LogP contribution in [-0.2, 0) is 4.79 Å². The summed E-state index contributed by atoms with van der Waals surface area (Å²) in [6, 6.07) is 8.36. The molecule has 1 fully saturated rings. The first-order valence-corrected chi connectivity index (χ1v) is 13.5. The summed E-state index contributed by atoms with van der Waals surface area (Å²) in [6.45, 7) is 17.8. The normalized spacial score (nSPS) is 14.9. The molecule has 3 rings (SSSR count). The van der Waals surface area contributed by atoms with Gasteiger partial charge in [0.15, 0.2) is 5.11 Å². The fourth-order valence-corrected chi connectivity index (χ4v) is 4.64. The van der Waals surface area contributed by atoms with Gasteiger partial charge < -0.3 is 25.3 Å². The first-order chi connectivity index (χ1) is 16.8. The molecule has 2 aromatic rings. The number of hydrogen-bond donors (Lipinski definition) is 2. The fraction of sp³-hybridized carbons (Fsp3) is 0.593. The van der Waals surface area contributed by atoms with Crippen LogP contribution >= 0.6 is 12.2 Å². The van der Waals surface area contributed by atoms with Crippen LogP contribution in [0.3, 0.4) is 0 Å². The number of thiocarbonyl (C=S) groups is 1. The second kappa shape index (κ2) is 13.0. The van der Waals surface area contributed by atoms with Crippen molar-refractivity contribution in [2.24, 2.45) is 5.92 Å². The molecule has 1 saturated heterocycles. The Bertz CT molecular complexity index is 1000. The molecule has 0 radical (unpaired) electrons. The molecule has 1 amide bonds. The molecule has 1 aliphatic rings. The minimum absolute atomic E-state index is 0.280. The number of pyridine rings is 1. The second-order valence-corrected chi connectivity index (χ2v) is 9.93. The van der Waals surface area contributed by atoms with E-state index < -0.39 is 0 Å². The third-order valence-corrected chi connectivity index (χ3v) is 7.29. The number of anilines is 2. The van der Waals surface area contributed by atoms with Gasteiger partial charge in [0.05, 0.1) is 5.52 Å². The molecule has 8 heteroatoms. The number of likely N-dealkylation sites (N-methyl/N-ethyl adjacent to an activating group) is 1. The number of hydrogen-bond acceptors (Lipinski definition) is 5. The number of carbonyl (C=O) groups excluding carboxylic acids is 1. The van der Waals surface area contributed by atoms with Crippen molar-refractivity contribution in [2.75, 3.05) is 62.6 Å². The largest absolute Gasteiger partial charge is 0.361 e. The average Bonchev–Trinajstić information content (AvgIpc) is 2.86. The number of benzene rings is 1. The highest BCUT2D eigenvalue weighted by Gasteiger charge is 2.23. The van der Waals surface area contributed by atoms with Crippen LogP contribution in [0.2, 0.25) is 0 Å². The SMILES string of the molecule is CCC(C)CC(=O)N1CCN(c2cc(C)c3cc(NC(=S)NCCN(CC)CC)ccc3n2)CC1. The quantitative estimate of drug-likeness (QED) is 0.475. The summed E-state index contributed by atoms with van der Waals surface area (Å²) in [5.74, 6) is 1.71. The highest BCUT2D eigenvalue weighted by molar-refractivity contribution is 7.80. The number of fused-ring (bicyclic) bond motifs is 1. The third kappa shape index (κ3) is 7.51. The Morgan fingerprint density at radius 3 is 2.51 bits per heavy atom. The molecular formula is C27H42N6OS. The van der Waals surface area contributed by atoms with Crippen molar-refractivity contribution in [3.8, 4) is 0 Å². The van der Waals surface area contributed by atoms with Crippen molar-refractivity contribution >= 4 is 45.6 Å². The summed E-state index contributed by atoms with van der Waals surface area (Å²) in [5.41, 5.74) is 3.12. The Labute approximate surface area is 216 Å². The number of amides is 1. The van der Waals surface area contributed by atoms with Gasteiger partial charge in [-0.2, -0.15) is 0 Å². The van der Waals surface area contributed by atoms with Crippen LogP contribution in [-0.4, -0.2) is 78.2 Å². The first kappa shape index (κ1) is 27.1. The Morgan fingerprint density at radius 1 is 1.14 bits per heavy atom. The van der Waals surface area contributed by atoms with Crippen LogP contribution in [0.4, 0.5) is 11.5 Å². The average molecular weight is 499 g/mol. The van der Waals surface area contributed by atoms with E-state index in [0.29, 0.717) is 17.5 Å². The molecular weight excluding hydrogens is 456 g/mol. The van der Waals surface area contributed by atoms with Gasteiger partial charge in [0.25, 0.3) is 0 Å². The van der Waals surface area contributed by atoms with E-state index in [2.05, 4.69) is 73.3 Å². The van der Waals surface area contributed by atoms with Gasteiger partial charge >= 0.3 is 0 Å². The highest BCUT2D eigenvalue weighted by Crippen LogP contribution is 2.26. The Kier molecular flexibility index (Phi) is 10.1. The van der Waals surface area contributed by atoms with Crippen molar-refractivity contribution in [3.63, 3.8) is 0 Å². The molecule has 1 aliphatic heterocycles. The van der Waals surface area contributed by atoms with E-state index in [0.717, 1.165) is 81.2 Å². The van der Waals surface area contributed by atoms with Crippen LogP contribution in [0.1, 0.15) is 46.1 Å². The lowest BCUT2D eigenvalue weighted by molar-refractivity contribution is -0.132. The monoisotopic (exact) mass is 498 g/mol. The first-order valence-electron chi connectivity index (χ1n) is 13.1. The standard InChI is InChI=1S/C27H42N6OS/c1-6-20(4)17-26(34)33-15-13-32(14-16-33)25-18-21(5)23-19-22(9-10-24(23)30-25)29-27(35)28-11-12-31(7-2)8-3/h9-10,18-20H,6-8,11-17H2,1-5H3,(H2,28,29,35). The second-order valence-electron chi connectivity index (χ2n) is 9.52. The van der Waals surface area contributed by atoms with Crippen LogP contribution in [0.25, 0.3) is 10.9 Å². The van der Waals surface area contributed by atoms with Crippen molar-refractivity contribution in [1.82, 2.24) is 20.1 Å². The van der Waals surface area contributed by atoms with Crippen LogP contribution in [0.15, 0.2) is 24.3 Å². The van der Waals surface area contributed by atoms with Gasteiger partial charge in [-0.05, 0) is 68.0 Å². The summed E-state index contributed by atoms with van der Waals surface area (Å²) >= 11 is 5.49. The molecule has 35 heavy (non-hydrogen) atoms. The van der Waals surface area contributed by atoms with Crippen molar-refractivity contribution < 1.29 is 4.79 Å². The molecule has 0 bridgehead atoms. The molecule has 0 saturated carbocycles. The van der Waals surface area contributed by atoms with Gasteiger partial charge in [-0.3, -0.25) is 4.79 Å². The molecule has 7 nitrogen and oxygen atoms in total. The summed E-state index contributed by atoms with van der Waals surface area (Å²) in [6.07, 6.45) is 1.69. The molecule has 2 N–H and O–H groups in total. The summed E-state index contributed by atoms with van der Waals surface area (Å²) in [5, 5.41) is 8.36. The van der Waals surface area contributed by atoms with Crippen LogP contribution in [0.5, 0.6) is 0 Å². The number of nitrogens with one attached hydrogen (secondary N) is 2. The predicted octanol–water partition coefficient (Wildman–Crippen LogP) is 4.26. The Hall–Kier alpha value is -2.45. The van der Waals surface area contributed by atoms with E-state index in [1.54, 1.807) is 0 Å². The van der Waals surface area contributed by atoms with E-state index in [9.17, 15) is 4.79 Å². The van der Waals surface area contributed by atoms with Gasteiger partial charge in [-0.1, -0.05) is 34.1 Å². The van der Waals surface area contributed by atoms with Gasteiger partial charge in [0.2, 0.25) is 5.91 Å². The number of nitrogens with zero attached hydrogens (tertiary/aromatic N) is 4. The molecule has 2 heterocycles. The molecule has 0 spiro atoms. The smallest absolute Gasteiger partial charge is 0.222 e. The zero-order valence-corrected chi connectivity index (χ0v) is 22.9. The number of rotatable bonds is 10. The van der Waals surface area contributed by atoms with Gasteiger partial charge in [-0.15, -0.1) is 0 Å². The molecule has 1 aromatic heterocycles. The van der Waals surface area contributed by atoms with E-state index in [1.165, 1.54) is 5.56 Å². The lowest BCUT2D eigenvalue weighted by atomic mass is 10.0. The maximum atomic E-state index is 12.5. The zero-order chi connectivity index (χ0) is 25.4. The minimum Gasteiger partial charge on any atom is -0.361 e. The summed E-state index contributed by atoms with van der Waals surface area (Å²) in [7, 11) is 0. The van der Waals surface area contributed by atoms with E-state index >= 15 is 0 Å². The third-order valence-electron chi connectivity index (χ3n) is 7.04. The van der Waals surface area contributed by atoms with Gasteiger partial charge in [-0.25, -0.2) is 4.98 Å². The van der Waals surface area contributed by atoms with Gasteiger partial charge in [0.1, 0.15) is 5.82 Å².